The first kappa shape index (κ1) is 10.8. The van der Waals surface area contributed by atoms with Crippen LogP contribution in [0.4, 0.5) is 17.1 Å². The lowest BCUT2D eigenvalue weighted by molar-refractivity contribution is 1.21. The maximum absolute atomic E-state index is 5.92. The van der Waals surface area contributed by atoms with E-state index in [2.05, 4.69) is 0 Å². The van der Waals surface area contributed by atoms with Gasteiger partial charge in [-0.15, -0.1) is 0 Å². The number of nitrogen functional groups attached to an aromatic ring is 1. The Kier molecular flexibility index (Phi) is 3.02. The Morgan fingerprint density at radius 2 is 1.62 bits per heavy atom. The molecule has 0 amide bonds. The van der Waals surface area contributed by atoms with E-state index in [-0.39, 0.29) is 0 Å². The zero-order valence-corrected chi connectivity index (χ0v) is 9.78. The summed E-state index contributed by atoms with van der Waals surface area (Å²) in [5, 5.41) is 0.734. The highest BCUT2D eigenvalue weighted by Crippen LogP contribution is 2.28. The molecule has 16 heavy (non-hydrogen) atoms. The van der Waals surface area contributed by atoms with Gasteiger partial charge in [0, 0.05) is 17.8 Å². The Morgan fingerprint density at radius 3 is 2.25 bits per heavy atom. The second-order valence-electron chi connectivity index (χ2n) is 3.59. The van der Waals surface area contributed by atoms with Gasteiger partial charge in [0.2, 0.25) is 0 Å². The van der Waals surface area contributed by atoms with Crippen molar-refractivity contribution in [3.05, 3.63) is 53.6 Å². The molecule has 0 bridgehead atoms. The Labute approximate surface area is 100 Å². The number of nitrogens with zero attached hydrogens (tertiary/aromatic N) is 1. The highest BCUT2D eigenvalue weighted by atomic mass is 35.5. The summed E-state index contributed by atoms with van der Waals surface area (Å²) in [4.78, 5) is 2.03. The summed E-state index contributed by atoms with van der Waals surface area (Å²) in [6, 6.07) is 15.4. The van der Waals surface area contributed by atoms with Gasteiger partial charge in [-0.1, -0.05) is 23.7 Å². The summed E-state index contributed by atoms with van der Waals surface area (Å²) < 4.78 is 0. The third-order valence-electron chi connectivity index (χ3n) is 2.51. The zero-order valence-electron chi connectivity index (χ0n) is 9.02. The number of hydrogen-bond acceptors (Lipinski definition) is 2. The molecule has 2 rings (SSSR count). The molecule has 0 aliphatic carbocycles. The van der Waals surface area contributed by atoms with E-state index in [0.29, 0.717) is 0 Å². The van der Waals surface area contributed by atoms with Gasteiger partial charge in [0.25, 0.3) is 0 Å². The molecule has 82 valence electrons. The molecule has 0 atom stereocenters. The monoisotopic (exact) mass is 232 g/mol. The van der Waals surface area contributed by atoms with Gasteiger partial charge < -0.3 is 10.6 Å². The predicted octanol–water partition coefficient (Wildman–Crippen LogP) is 3.69. The van der Waals surface area contributed by atoms with Crippen molar-refractivity contribution in [2.24, 2.45) is 0 Å². The average molecular weight is 233 g/mol. The van der Waals surface area contributed by atoms with E-state index in [1.807, 2.05) is 60.5 Å². The standard InChI is InChI=1S/C13H13ClN2/c1-16(11-8-6-10(14)7-9-11)13-5-3-2-4-12(13)15/h2-9H,15H2,1H3. The van der Waals surface area contributed by atoms with Crippen molar-refractivity contribution in [2.45, 2.75) is 0 Å². The number of nitrogens with two attached hydrogens (primary N) is 1. The number of benzene rings is 2. The number of rotatable bonds is 2. The van der Waals surface area contributed by atoms with Crippen molar-refractivity contribution in [3.63, 3.8) is 0 Å². The van der Waals surface area contributed by atoms with Crippen LogP contribution in [0.1, 0.15) is 0 Å². The summed E-state index contributed by atoms with van der Waals surface area (Å²) in [5.41, 5.74) is 8.73. The smallest absolute Gasteiger partial charge is 0.0641 e. The molecule has 0 radical (unpaired) electrons. The van der Waals surface area contributed by atoms with Gasteiger partial charge in [-0.3, -0.25) is 0 Å². The molecule has 0 aliphatic rings. The molecular weight excluding hydrogens is 220 g/mol. The molecule has 2 N–H and O–H groups in total. The van der Waals surface area contributed by atoms with Crippen LogP contribution in [0.3, 0.4) is 0 Å². The largest absolute Gasteiger partial charge is 0.397 e. The summed E-state index contributed by atoms with van der Waals surface area (Å²) >= 11 is 5.85. The number of anilines is 3. The van der Waals surface area contributed by atoms with Crippen molar-refractivity contribution < 1.29 is 0 Å². The van der Waals surface area contributed by atoms with Crippen LogP contribution in [0.25, 0.3) is 0 Å². The highest BCUT2D eigenvalue weighted by Gasteiger charge is 2.06. The van der Waals surface area contributed by atoms with Crippen molar-refractivity contribution in [2.75, 3.05) is 17.7 Å². The van der Waals surface area contributed by atoms with Gasteiger partial charge in [0.15, 0.2) is 0 Å². The van der Waals surface area contributed by atoms with E-state index >= 15 is 0 Å². The Morgan fingerprint density at radius 1 is 1.00 bits per heavy atom. The molecular formula is C13H13ClN2. The van der Waals surface area contributed by atoms with Crippen LogP contribution >= 0.6 is 11.6 Å². The van der Waals surface area contributed by atoms with E-state index in [1.165, 1.54) is 0 Å². The summed E-state index contributed by atoms with van der Waals surface area (Å²) in [6.07, 6.45) is 0. The lowest BCUT2D eigenvalue weighted by Gasteiger charge is -2.21. The second kappa shape index (κ2) is 4.45. The minimum absolute atomic E-state index is 0.734. The molecule has 0 fully saturated rings. The second-order valence-corrected chi connectivity index (χ2v) is 4.03. The fourth-order valence-electron chi connectivity index (χ4n) is 1.60. The van der Waals surface area contributed by atoms with Crippen LogP contribution in [0, 0.1) is 0 Å². The Hall–Kier alpha value is -1.67. The molecule has 0 saturated heterocycles. The predicted molar refractivity (Wildman–Crippen MR) is 70.4 cm³/mol. The van der Waals surface area contributed by atoms with Crippen LogP contribution in [0.5, 0.6) is 0 Å². The minimum atomic E-state index is 0.734. The molecule has 3 heteroatoms. The molecule has 0 aromatic heterocycles. The van der Waals surface area contributed by atoms with Crippen LogP contribution < -0.4 is 10.6 Å². The summed E-state index contributed by atoms with van der Waals surface area (Å²) in [6.45, 7) is 0. The van der Waals surface area contributed by atoms with Gasteiger partial charge in [-0.25, -0.2) is 0 Å². The van der Waals surface area contributed by atoms with Crippen LogP contribution in [0.15, 0.2) is 48.5 Å². The lowest BCUT2D eigenvalue weighted by Crippen LogP contribution is -2.11. The molecule has 0 spiro atoms. The van der Waals surface area contributed by atoms with Crippen molar-refractivity contribution in [3.8, 4) is 0 Å². The molecule has 2 nitrogen and oxygen atoms in total. The average Bonchev–Trinajstić information content (AvgIpc) is 2.30. The minimum Gasteiger partial charge on any atom is -0.397 e. The van der Waals surface area contributed by atoms with Crippen LogP contribution in [-0.4, -0.2) is 7.05 Å². The fraction of sp³-hybridized carbons (Fsp3) is 0.0769. The van der Waals surface area contributed by atoms with E-state index in [0.717, 1.165) is 22.1 Å². The number of halogens is 1. The van der Waals surface area contributed by atoms with E-state index in [1.54, 1.807) is 0 Å². The van der Waals surface area contributed by atoms with Gasteiger partial charge in [0.05, 0.1) is 11.4 Å². The van der Waals surface area contributed by atoms with Crippen molar-refractivity contribution in [1.82, 2.24) is 0 Å². The topological polar surface area (TPSA) is 29.3 Å². The first-order chi connectivity index (χ1) is 7.68. The quantitative estimate of drug-likeness (QED) is 0.801. The van der Waals surface area contributed by atoms with Crippen molar-refractivity contribution in [1.29, 1.82) is 0 Å². The molecule has 0 aliphatic heterocycles. The third-order valence-corrected chi connectivity index (χ3v) is 2.76. The van der Waals surface area contributed by atoms with E-state index in [4.69, 9.17) is 17.3 Å². The number of hydrogen-bond donors (Lipinski definition) is 1. The van der Waals surface area contributed by atoms with Gasteiger partial charge in [0.1, 0.15) is 0 Å². The summed E-state index contributed by atoms with van der Waals surface area (Å²) in [7, 11) is 1.98. The lowest BCUT2D eigenvalue weighted by atomic mass is 10.2. The van der Waals surface area contributed by atoms with Crippen LogP contribution in [0.2, 0.25) is 5.02 Å². The van der Waals surface area contributed by atoms with E-state index in [9.17, 15) is 0 Å². The summed E-state index contributed by atoms with van der Waals surface area (Å²) in [5.74, 6) is 0. The normalized spacial score (nSPS) is 10.1. The SMILES string of the molecule is CN(c1ccc(Cl)cc1)c1ccccc1N. The first-order valence-corrected chi connectivity index (χ1v) is 5.40. The Balaban J connectivity index is 2.35. The fourth-order valence-corrected chi connectivity index (χ4v) is 1.72. The highest BCUT2D eigenvalue weighted by molar-refractivity contribution is 6.30. The Bertz CT molecular complexity index is 480. The molecule has 0 saturated carbocycles. The molecule has 2 aromatic carbocycles. The van der Waals surface area contributed by atoms with Crippen molar-refractivity contribution >= 4 is 28.7 Å². The third kappa shape index (κ3) is 2.12. The molecule has 0 heterocycles. The van der Waals surface area contributed by atoms with Gasteiger partial charge >= 0.3 is 0 Å². The first-order valence-electron chi connectivity index (χ1n) is 5.02. The van der Waals surface area contributed by atoms with Gasteiger partial charge in [-0.2, -0.15) is 0 Å². The van der Waals surface area contributed by atoms with E-state index < -0.39 is 0 Å². The maximum atomic E-state index is 5.92. The zero-order chi connectivity index (χ0) is 11.5. The maximum Gasteiger partial charge on any atom is 0.0641 e. The molecule has 2 aromatic rings. The van der Waals surface area contributed by atoms with Crippen LogP contribution in [-0.2, 0) is 0 Å². The van der Waals surface area contributed by atoms with Gasteiger partial charge in [-0.05, 0) is 36.4 Å². The number of para-hydroxylation sites is 2. The molecule has 0 unspecified atom stereocenters.